The smallest absolute Gasteiger partial charge is 0.309 e. The number of hydrogen-bond acceptors (Lipinski definition) is 5. The molecule has 0 saturated heterocycles. The van der Waals surface area contributed by atoms with Crippen LogP contribution in [0.1, 0.15) is 82.3 Å². The maximum absolute atomic E-state index is 11.2. The van der Waals surface area contributed by atoms with E-state index in [1.807, 2.05) is 17.8 Å². The van der Waals surface area contributed by atoms with Crippen molar-refractivity contribution in [2.24, 2.45) is 0 Å². The molecule has 226 valence electrons. The van der Waals surface area contributed by atoms with E-state index in [0.717, 1.165) is 28.6 Å². The van der Waals surface area contributed by atoms with Crippen LogP contribution in [0.5, 0.6) is 0 Å². The SMILES string of the molecule is CCCCCCCCCCCSC(SCCCOP(=O)(O)O)=C1c2ccccc2N(c2ccccc2)c2ccccc21. The number of nitrogens with zero attached hydrogens (tertiary/aromatic N) is 1. The van der Waals surface area contributed by atoms with Gasteiger partial charge in [0.25, 0.3) is 0 Å². The Hall–Kier alpha value is -1.99. The van der Waals surface area contributed by atoms with Gasteiger partial charge in [-0.1, -0.05) is 113 Å². The molecule has 0 fully saturated rings. The number of hydrogen-bond donors (Lipinski definition) is 2. The van der Waals surface area contributed by atoms with Crippen molar-refractivity contribution in [1.82, 2.24) is 0 Å². The summed E-state index contributed by atoms with van der Waals surface area (Å²) in [5.41, 5.74) is 7.09. The molecule has 0 spiro atoms. The fourth-order valence-corrected chi connectivity index (χ4v) is 8.19. The van der Waals surface area contributed by atoms with Crippen LogP contribution in [-0.2, 0) is 9.09 Å². The molecule has 0 aromatic heterocycles. The number of thioether (sulfide) groups is 2. The lowest BCUT2D eigenvalue weighted by molar-refractivity contribution is 0.198. The molecule has 0 atom stereocenters. The topological polar surface area (TPSA) is 70.0 Å². The lowest BCUT2D eigenvalue weighted by Gasteiger charge is -2.35. The molecule has 1 heterocycles. The first-order valence-corrected chi connectivity index (χ1v) is 18.7. The van der Waals surface area contributed by atoms with Crippen molar-refractivity contribution in [3.05, 3.63) is 94.2 Å². The highest BCUT2D eigenvalue weighted by Crippen LogP contribution is 2.52. The minimum atomic E-state index is -4.45. The molecule has 1 aliphatic rings. The van der Waals surface area contributed by atoms with E-state index in [4.69, 9.17) is 14.3 Å². The lowest BCUT2D eigenvalue weighted by Crippen LogP contribution is -2.18. The molecule has 2 N–H and O–H groups in total. The predicted molar refractivity (Wildman–Crippen MR) is 182 cm³/mol. The highest BCUT2D eigenvalue weighted by Gasteiger charge is 2.29. The molecular formula is C34H44NO4PS2. The van der Waals surface area contributed by atoms with E-state index in [1.54, 1.807) is 11.8 Å². The van der Waals surface area contributed by atoms with Gasteiger partial charge in [0.1, 0.15) is 0 Å². The molecule has 0 aliphatic carbocycles. The minimum Gasteiger partial charge on any atom is -0.309 e. The summed E-state index contributed by atoms with van der Waals surface area (Å²) >= 11 is 3.69. The van der Waals surface area contributed by atoms with Gasteiger partial charge in [0.05, 0.1) is 18.0 Å². The number of fused-ring (bicyclic) bond motifs is 2. The molecule has 8 heteroatoms. The first-order valence-electron chi connectivity index (χ1n) is 15.2. The maximum Gasteiger partial charge on any atom is 0.469 e. The number of phosphoric acid groups is 1. The van der Waals surface area contributed by atoms with Crippen molar-refractivity contribution in [3.63, 3.8) is 0 Å². The summed E-state index contributed by atoms with van der Waals surface area (Å²) in [5, 5.41) is 0. The third-order valence-electron chi connectivity index (χ3n) is 7.31. The van der Waals surface area contributed by atoms with Gasteiger partial charge < -0.3 is 14.7 Å². The van der Waals surface area contributed by atoms with E-state index in [9.17, 15) is 4.57 Å². The Balaban J connectivity index is 1.56. The van der Waals surface area contributed by atoms with Crippen molar-refractivity contribution in [3.8, 4) is 0 Å². The zero-order chi connectivity index (χ0) is 29.6. The Kier molecular flexibility index (Phi) is 13.6. The van der Waals surface area contributed by atoms with Gasteiger partial charge in [0, 0.05) is 32.4 Å². The molecule has 42 heavy (non-hydrogen) atoms. The van der Waals surface area contributed by atoms with Gasteiger partial charge in [-0.2, -0.15) is 0 Å². The van der Waals surface area contributed by atoms with Crippen LogP contribution in [0.15, 0.2) is 83.1 Å². The fourth-order valence-electron chi connectivity index (χ4n) is 5.28. The third-order valence-corrected chi connectivity index (χ3v) is 10.5. The summed E-state index contributed by atoms with van der Waals surface area (Å²) in [4.78, 5) is 20.5. The Labute approximate surface area is 260 Å². The standard InChI is InChI=1S/C34H44NO4PS2/c1-2-3-4-5-6-7-8-9-17-26-41-34(42-27-18-25-39-40(36,37)38)33-29-21-13-15-23-31(29)35(28-19-11-10-12-20-28)32-24-16-14-22-30(32)33/h10-16,19-24H,2-9,17-18,25-27H2,1H3,(H2,36,37,38). The number of para-hydroxylation sites is 3. The van der Waals surface area contributed by atoms with Crippen molar-refractivity contribution in [1.29, 1.82) is 0 Å². The van der Waals surface area contributed by atoms with Gasteiger partial charge in [-0.25, -0.2) is 4.57 Å². The molecule has 3 aromatic carbocycles. The van der Waals surface area contributed by atoms with E-state index >= 15 is 0 Å². The first-order chi connectivity index (χ1) is 20.5. The largest absolute Gasteiger partial charge is 0.469 e. The molecular weight excluding hydrogens is 581 g/mol. The zero-order valence-corrected chi connectivity index (χ0v) is 27.1. The average Bonchev–Trinajstić information content (AvgIpc) is 2.99. The normalized spacial score (nSPS) is 12.7. The number of unbranched alkanes of at least 4 members (excludes halogenated alkanes) is 8. The van der Waals surface area contributed by atoms with E-state index in [2.05, 4.69) is 84.6 Å². The molecule has 0 radical (unpaired) electrons. The second-order valence-electron chi connectivity index (χ2n) is 10.6. The van der Waals surface area contributed by atoms with Gasteiger partial charge in [-0.3, -0.25) is 4.52 Å². The molecule has 0 amide bonds. The molecule has 3 aromatic rings. The number of rotatable bonds is 18. The molecule has 1 aliphatic heterocycles. The second-order valence-corrected chi connectivity index (χ2v) is 14.3. The summed E-state index contributed by atoms with van der Waals surface area (Å²) in [7, 11) is -4.45. The van der Waals surface area contributed by atoms with Gasteiger partial charge in [-0.15, -0.1) is 23.5 Å². The van der Waals surface area contributed by atoms with Crippen molar-refractivity contribution in [2.45, 2.75) is 71.1 Å². The van der Waals surface area contributed by atoms with E-state index in [0.29, 0.717) is 6.42 Å². The zero-order valence-electron chi connectivity index (χ0n) is 24.6. The van der Waals surface area contributed by atoms with Gasteiger partial charge in [0.15, 0.2) is 0 Å². The highest BCUT2D eigenvalue weighted by atomic mass is 32.2. The van der Waals surface area contributed by atoms with Crippen LogP contribution in [0.4, 0.5) is 17.1 Å². The summed E-state index contributed by atoms with van der Waals surface area (Å²) in [5.74, 6) is 1.77. The number of anilines is 3. The lowest BCUT2D eigenvalue weighted by atomic mass is 9.91. The Morgan fingerprint density at radius 1 is 0.690 bits per heavy atom. The summed E-state index contributed by atoms with van der Waals surface area (Å²) < 4.78 is 17.1. The molecule has 0 unspecified atom stereocenters. The van der Waals surface area contributed by atoms with E-state index < -0.39 is 7.82 Å². The van der Waals surface area contributed by atoms with Crippen molar-refractivity contribution < 1.29 is 18.9 Å². The average molecular weight is 626 g/mol. The number of phosphoric ester groups is 1. The molecule has 5 nitrogen and oxygen atoms in total. The number of benzene rings is 3. The van der Waals surface area contributed by atoms with E-state index in [-0.39, 0.29) is 6.61 Å². The van der Waals surface area contributed by atoms with Crippen LogP contribution < -0.4 is 4.90 Å². The van der Waals surface area contributed by atoms with E-state index in [1.165, 1.54) is 78.7 Å². The summed E-state index contributed by atoms with van der Waals surface area (Å²) in [6.45, 7) is 2.30. The van der Waals surface area contributed by atoms with Crippen molar-refractivity contribution >= 4 is 54.0 Å². The minimum absolute atomic E-state index is 0.0395. The quantitative estimate of drug-likeness (QED) is 0.0842. The Morgan fingerprint density at radius 3 is 1.76 bits per heavy atom. The monoisotopic (exact) mass is 625 g/mol. The van der Waals surface area contributed by atoms with Crippen LogP contribution in [0.3, 0.4) is 0 Å². The predicted octanol–water partition coefficient (Wildman–Crippen LogP) is 10.7. The van der Waals surface area contributed by atoms with Crippen LogP contribution >= 0.6 is 31.3 Å². The molecule has 0 saturated carbocycles. The first kappa shape index (κ1) is 32.9. The van der Waals surface area contributed by atoms with Gasteiger partial charge in [0.2, 0.25) is 0 Å². The Morgan fingerprint density at radius 2 is 1.19 bits per heavy atom. The second kappa shape index (κ2) is 17.3. The summed E-state index contributed by atoms with van der Waals surface area (Å²) in [6, 6.07) is 27.7. The van der Waals surface area contributed by atoms with Gasteiger partial charge >= 0.3 is 7.82 Å². The Bertz CT molecular complexity index is 1280. The van der Waals surface area contributed by atoms with Crippen LogP contribution in [0.25, 0.3) is 5.57 Å². The molecule has 4 rings (SSSR count). The van der Waals surface area contributed by atoms with Crippen LogP contribution in [-0.4, -0.2) is 27.9 Å². The van der Waals surface area contributed by atoms with Gasteiger partial charge in [-0.05, 0) is 42.9 Å². The maximum atomic E-state index is 11.2. The highest BCUT2D eigenvalue weighted by molar-refractivity contribution is 8.22. The third kappa shape index (κ3) is 9.77. The van der Waals surface area contributed by atoms with Crippen molar-refractivity contribution in [2.75, 3.05) is 23.0 Å². The van der Waals surface area contributed by atoms with Crippen LogP contribution in [0, 0.1) is 0 Å². The summed E-state index contributed by atoms with van der Waals surface area (Å²) in [6.07, 6.45) is 12.3. The fraction of sp³-hybridized carbons (Fsp3) is 0.412. The molecule has 0 bridgehead atoms. The van der Waals surface area contributed by atoms with Crippen LogP contribution in [0.2, 0.25) is 0 Å².